The van der Waals surface area contributed by atoms with Gasteiger partial charge in [-0.15, -0.1) is 0 Å². The van der Waals surface area contributed by atoms with Gasteiger partial charge in [0.1, 0.15) is 74.0 Å². The third-order valence-electron chi connectivity index (χ3n) is 17.3. The van der Waals surface area contributed by atoms with Gasteiger partial charge >= 0.3 is 41.9 Å². The third-order valence-corrected chi connectivity index (χ3v) is 17.7. The summed E-state index contributed by atoms with van der Waals surface area (Å²) in [5, 5.41) is 111. The molecule has 6 aromatic heterocycles. The van der Waals surface area contributed by atoms with E-state index in [2.05, 4.69) is 40.4 Å². The lowest BCUT2D eigenvalue weighted by Crippen LogP contribution is -2.33. The Morgan fingerprint density at radius 3 is 0.569 bits per heavy atom. The van der Waals surface area contributed by atoms with E-state index < -0.39 is 186 Å². The number of aromatic amines is 6. The molecule has 0 radical (unpaired) electrons. The highest BCUT2D eigenvalue weighted by atomic mass is 31.2. The van der Waals surface area contributed by atoms with Crippen LogP contribution in [0.25, 0.3) is 0 Å². The van der Waals surface area contributed by atoms with Crippen LogP contribution in [0.4, 0.5) is 0 Å². The molecular weight excluding hydrogens is 1490 g/mol. The Morgan fingerprint density at radius 1 is 0.339 bits per heavy atom. The molecule has 6 aromatic rings. The number of aryl methyl sites for hydroxylation is 6. The fraction of sp³-hybridized carbons (Fsp3) is 0.590. The second-order valence-electron chi connectivity index (χ2n) is 25.3. The first kappa shape index (κ1) is 88.9. The number of ether oxygens (including phenoxy) is 6. The van der Waals surface area contributed by atoms with Crippen molar-refractivity contribution in [3.63, 3.8) is 0 Å². The third kappa shape index (κ3) is 23.5. The minimum Gasteiger partial charge on any atom is -0.394 e. The van der Waals surface area contributed by atoms with Crippen LogP contribution in [0.2, 0.25) is 0 Å². The molecule has 48 heteroatoms. The molecule has 47 nitrogen and oxygen atoms in total. The summed E-state index contributed by atoms with van der Waals surface area (Å²) in [6.45, 7) is 7.57. The summed E-state index contributed by atoms with van der Waals surface area (Å²) in [6, 6.07) is 0. The maximum Gasteiger partial charge on any atom is 0.450 e. The Balaban J connectivity index is 0.000000201. The van der Waals surface area contributed by atoms with E-state index in [1.807, 2.05) is 0 Å². The first-order valence-corrected chi connectivity index (χ1v) is 34.7. The van der Waals surface area contributed by atoms with Crippen LogP contribution in [0.3, 0.4) is 0 Å². The Morgan fingerprint density at radius 2 is 0.477 bits per heavy atom. The number of nitrogens with two attached hydrogens (primary N) is 1. The van der Waals surface area contributed by atoms with E-state index in [4.69, 9.17) is 68.8 Å². The molecule has 0 amide bonds. The predicted octanol–water partition coefficient (Wildman–Crippen LogP) is -10.0. The molecule has 0 aliphatic carbocycles. The number of aromatic nitrogens is 12. The lowest BCUT2D eigenvalue weighted by Gasteiger charge is -2.14. The van der Waals surface area contributed by atoms with Gasteiger partial charge in [0, 0.05) is 109 Å². The van der Waals surface area contributed by atoms with Crippen LogP contribution in [0.15, 0.2) is 99.5 Å². The van der Waals surface area contributed by atoms with Crippen molar-refractivity contribution in [2.24, 2.45) is 10.5 Å². The molecule has 22 N–H and O–H groups in total. The lowest BCUT2D eigenvalue weighted by atomic mass is 10.2. The molecule has 606 valence electrons. The predicted molar refractivity (Wildman–Crippen MR) is 371 cm³/mol. The summed E-state index contributed by atoms with van der Waals surface area (Å²) in [5.41, 5.74) is 0.670. The van der Waals surface area contributed by atoms with Crippen molar-refractivity contribution in [1.82, 2.24) is 57.3 Å². The standard InChI is InChI=1S/6C10H14N2O5.CH5N2O3P/c6*1-5-3-12(10(16)11-9(5)15)8-2-6(14)7(4-13)17-8;2-1-3-7(4,5)6/h6*3,6-8,13-14H,2,4H2,1H3,(H,11,15,16);1H,(H4,2,3,4,5,6)/t6*6-,7+,8+;/m000000./s1. The van der Waals surface area contributed by atoms with E-state index in [0.717, 1.165) is 0 Å². The number of aliphatic hydroxyl groups is 12. The van der Waals surface area contributed by atoms with Gasteiger partial charge in [0.05, 0.1) is 82.6 Å². The monoisotopic (exact) mass is 1580 g/mol. The van der Waals surface area contributed by atoms with Crippen LogP contribution in [0, 0.1) is 41.5 Å². The zero-order valence-corrected chi connectivity index (χ0v) is 60.0. The number of nitrogens with one attached hydrogen (secondary N) is 6. The summed E-state index contributed by atoms with van der Waals surface area (Å²) in [7, 11) is -4.22. The summed E-state index contributed by atoms with van der Waals surface area (Å²) >= 11 is 0. The molecule has 6 aliphatic rings. The highest BCUT2D eigenvalue weighted by Gasteiger charge is 2.40. The molecule has 0 bridgehead atoms. The molecule has 0 spiro atoms. The SMILES string of the molecule is Cc1cn([C@H]2C[C@H](O)[C@@H](CO)O2)c(=O)[nH]c1=O.Cc1cn([C@H]2C[C@H](O)[C@@H](CO)O2)c(=O)[nH]c1=O.Cc1cn([C@H]2C[C@H](O)[C@@H](CO)O2)c(=O)[nH]c1=O.Cc1cn([C@H]2C[C@H](O)[C@@H](CO)O2)c(=O)[nH]c1=O.Cc1cn([C@H]2C[C@H](O)[C@@H](CO)O2)c(=O)[nH]c1=O.Cc1cn([C@H]2C[C@H](O)[C@@H](CO)O2)c(=O)[nH]c1=O.NC=NP(=O)(O)O. The highest BCUT2D eigenvalue weighted by Crippen LogP contribution is 2.35. The quantitative estimate of drug-likeness (QED) is 0.0290. The Kier molecular flexibility index (Phi) is 32.3. The summed E-state index contributed by atoms with van der Waals surface area (Å²) in [5.74, 6) is 0. The van der Waals surface area contributed by atoms with Crippen LogP contribution in [-0.2, 0) is 33.0 Å². The van der Waals surface area contributed by atoms with E-state index in [1.165, 1.54) is 64.6 Å². The van der Waals surface area contributed by atoms with Gasteiger partial charge in [-0.1, -0.05) is 0 Å². The van der Waals surface area contributed by atoms with Crippen molar-refractivity contribution in [2.75, 3.05) is 39.6 Å². The molecule has 0 unspecified atom stereocenters. The second-order valence-corrected chi connectivity index (χ2v) is 26.6. The van der Waals surface area contributed by atoms with Gasteiger partial charge in [-0.3, -0.25) is 86.1 Å². The van der Waals surface area contributed by atoms with Crippen LogP contribution in [0.5, 0.6) is 0 Å². The smallest absolute Gasteiger partial charge is 0.394 e. The van der Waals surface area contributed by atoms with Gasteiger partial charge in [-0.05, 0) is 41.5 Å². The van der Waals surface area contributed by atoms with E-state index in [1.54, 1.807) is 41.5 Å². The van der Waals surface area contributed by atoms with Crippen molar-refractivity contribution < 1.29 is 104 Å². The average molecular weight is 1580 g/mol. The number of hydrogen-bond donors (Lipinski definition) is 21. The molecule has 109 heavy (non-hydrogen) atoms. The molecule has 0 aromatic carbocycles. The summed E-state index contributed by atoms with van der Waals surface area (Å²) in [6.07, 6.45) is -2.91. The van der Waals surface area contributed by atoms with Crippen molar-refractivity contribution in [3.8, 4) is 0 Å². The number of rotatable bonds is 13. The molecule has 0 saturated carbocycles. The zero-order valence-electron chi connectivity index (χ0n) is 59.1. The lowest BCUT2D eigenvalue weighted by molar-refractivity contribution is -0.0459. The minimum absolute atomic E-state index is 0.205. The largest absolute Gasteiger partial charge is 0.450 e. The van der Waals surface area contributed by atoms with Gasteiger partial charge in [-0.2, -0.15) is 4.76 Å². The number of aliphatic hydroxyl groups excluding tert-OH is 12. The van der Waals surface area contributed by atoms with E-state index in [0.29, 0.717) is 39.7 Å². The van der Waals surface area contributed by atoms with Crippen molar-refractivity contribution >= 4 is 14.1 Å². The van der Waals surface area contributed by atoms with Crippen LogP contribution >= 0.6 is 7.75 Å². The maximum atomic E-state index is 11.6. The number of nitrogens with zero attached hydrogens (tertiary/aromatic N) is 7. The van der Waals surface area contributed by atoms with Gasteiger partial charge < -0.3 is 105 Å². The van der Waals surface area contributed by atoms with E-state index in [-0.39, 0.29) is 78.2 Å². The Bertz CT molecular complexity index is 4160. The van der Waals surface area contributed by atoms with Gasteiger partial charge in [-0.25, -0.2) is 33.3 Å². The molecule has 6 saturated heterocycles. The summed E-state index contributed by atoms with van der Waals surface area (Å²) < 4.78 is 51.5. The topological polar surface area (TPSA) is 723 Å². The zero-order chi connectivity index (χ0) is 81.4. The second kappa shape index (κ2) is 39.6. The molecular formula is C61H89N14O33P. The fourth-order valence-corrected chi connectivity index (χ4v) is 11.4. The molecule has 12 rings (SSSR count). The average Bonchev–Trinajstić information content (AvgIpc) is 1.76. The number of hydrogen-bond acceptors (Lipinski definition) is 31. The van der Waals surface area contributed by atoms with Gasteiger partial charge in [0.15, 0.2) is 0 Å². The van der Waals surface area contributed by atoms with Gasteiger partial charge in [0.2, 0.25) is 0 Å². The molecule has 6 fully saturated rings. The highest BCUT2D eigenvalue weighted by molar-refractivity contribution is 7.50. The van der Waals surface area contributed by atoms with Crippen LogP contribution in [0.1, 0.15) is 109 Å². The van der Waals surface area contributed by atoms with E-state index in [9.17, 15) is 92.7 Å². The van der Waals surface area contributed by atoms with Crippen LogP contribution in [-0.4, -0.2) is 248 Å². The van der Waals surface area contributed by atoms with Crippen molar-refractivity contribution in [1.29, 1.82) is 0 Å². The maximum absolute atomic E-state index is 11.6. The Labute approximate surface area is 610 Å². The van der Waals surface area contributed by atoms with Crippen molar-refractivity contribution in [2.45, 2.75) is 191 Å². The first-order chi connectivity index (χ1) is 51.2. The molecule has 18 atom stereocenters. The van der Waals surface area contributed by atoms with E-state index >= 15 is 0 Å². The number of H-pyrrole nitrogens is 6. The van der Waals surface area contributed by atoms with Gasteiger partial charge in [0.25, 0.3) is 33.4 Å². The van der Waals surface area contributed by atoms with Crippen molar-refractivity contribution in [3.05, 3.63) is 196 Å². The minimum atomic E-state index is -4.22. The molecule has 6 aliphatic heterocycles. The van der Waals surface area contributed by atoms with Crippen LogP contribution < -0.4 is 73.2 Å². The first-order valence-electron chi connectivity index (χ1n) is 33.1. The summed E-state index contributed by atoms with van der Waals surface area (Å²) in [4.78, 5) is 165. The normalized spacial score (nSPS) is 27.5. The fourth-order valence-electron chi connectivity index (χ4n) is 11.2. The Hall–Kier alpha value is -9.02. The molecule has 12 heterocycles.